The predicted octanol–water partition coefficient (Wildman–Crippen LogP) is 3.59. The lowest BCUT2D eigenvalue weighted by molar-refractivity contribution is -0.110. The van der Waals surface area contributed by atoms with Crippen LogP contribution in [-0.4, -0.2) is 19.6 Å². The van der Waals surface area contributed by atoms with E-state index in [1.165, 1.54) is 0 Å². The van der Waals surface area contributed by atoms with Crippen LogP contribution in [0.25, 0.3) is 11.6 Å². The van der Waals surface area contributed by atoms with Crippen LogP contribution < -0.4 is 14.8 Å². The molecule has 2 aromatic rings. The quantitative estimate of drug-likeness (QED) is 0.877. The van der Waals surface area contributed by atoms with E-state index in [9.17, 15) is 4.79 Å². The Morgan fingerprint density at radius 1 is 1.14 bits per heavy atom. The zero-order valence-corrected chi connectivity index (χ0v) is 12.6. The molecule has 0 aromatic heterocycles. The molecule has 4 heteroatoms. The number of hydrogen-bond acceptors (Lipinski definition) is 3. The van der Waals surface area contributed by atoms with Gasteiger partial charge in [0, 0.05) is 16.8 Å². The maximum absolute atomic E-state index is 12.1. The summed E-state index contributed by atoms with van der Waals surface area (Å²) in [6.07, 6.45) is 1.86. The van der Waals surface area contributed by atoms with Gasteiger partial charge in [0.05, 0.1) is 13.7 Å². The smallest absolute Gasteiger partial charge is 0.256 e. The highest BCUT2D eigenvalue weighted by molar-refractivity contribution is 6.34. The SMILES string of the molecule is CCOc1ccc(/C=C2\C(=O)Nc3ccccc32)cc1OC. The van der Waals surface area contributed by atoms with Crippen molar-refractivity contribution in [3.63, 3.8) is 0 Å². The van der Waals surface area contributed by atoms with Gasteiger partial charge in [0.1, 0.15) is 0 Å². The van der Waals surface area contributed by atoms with Gasteiger partial charge in [0.2, 0.25) is 0 Å². The third kappa shape index (κ3) is 2.55. The van der Waals surface area contributed by atoms with Gasteiger partial charge in [0.25, 0.3) is 5.91 Å². The lowest BCUT2D eigenvalue weighted by Crippen LogP contribution is -2.03. The monoisotopic (exact) mass is 295 g/mol. The highest BCUT2D eigenvalue weighted by Crippen LogP contribution is 2.34. The maximum Gasteiger partial charge on any atom is 0.256 e. The van der Waals surface area contributed by atoms with Crippen molar-refractivity contribution in [2.45, 2.75) is 6.92 Å². The van der Waals surface area contributed by atoms with E-state index in [-0.39, 0.29) is 5.91 Å². The van der Waals surface area contributed by atoms with Crippen molar-refractivity contribution >= 4 is 23.2 Å². The summed E-state index contributed by atoms with van der Waals surface area (Å²) < 4.78 is 10.8. The molecule has 0 aliphatic carbocycles. The molecule has 1 aliphatic rings. The summed E-state index contributed by atoms with van der Waals surface area (Å²) in [6.45, 7) is 2.50. The molecule has 3 rings (SSSR count). The number of nitrogens with one attached hydrogen (secondary N) is 1. The normalized spacial score (nSPS) is 14.6. The molecule has 22 heavy (non-hydrogen) atoms. The fourth-order valence-corrected chi connectivity index (χ4v) is 2.50. The summed E-state index contributed by atoms with van der Waals surface area (Å²) >= 11 is 0. The zero-order chi connectivity index (χ0) is 15.5. The molecule has 0 radical (unpaired) electrons. The molecular weight excluding hydrogens is 278 g/mol. The number of rotatable bonds is 4. The molecule has 0 fully saturated rings. The number of carbonyl (C=O) groups excluding carboxylic acids is 1. The van der Waals surface area contributed by atoms with Gasteiger partial charge in [-0.1, -0.05) is 24.3 Å². The lowest BCUT2D eigenvalue weighted by Gasteiger charge is -2.09. The summed E-state index contributed by atoms with van der Waals surface area (Å²) in [7, 11) is 1.60. The topological polar surface area (TPSA) is 47.6 Å². The van der Waals surface area contributed by atoms with Gasteiger partial charge in [-0.05, 0) is 36.8 Å². The van der Waals surface area contributed by atoms with Crippen LogP contribution in [0.15, 0.2) is 42.5 Å². The van der Waals surface area contributed by atoms with Crippen LogP contribution >= 0.6 is 0 Å². The van der Waals surface area contributed by atoms with Crippen molar-refractivity contribution in [2.75, 3.05) is 19.0 Å². The number of fused-ring (bicyclic) bond motifs is 1. The number of amides is 1. The van der Waals surface area contributed by atoms with E-state index in [1.807, 2.05) is 55.5 Å². The molecule has 0 unspecified atom stereocenters. The summed E-state index contributed by atoms with van der Waals surface area (Å²) in [5, 5.41) is 2.86. The van der Waals surface area contributed by atoms with E-state index in [0.717, 1.165) is 16.8 Å². The first-order valence-corrected chi connectivity index (χ1v) is 7.16. The Bertz CT molecular complexity index is 750. The van der Waals surface area contributed by atoms with E-state index in [1.54, 1.807) is 7.11 Å². The third-order valence-corrected chi connectivity index (χ3v) is 3.51. The first-order valence-electron chi connectivity index (χ1n) is 7.16. The number of hydrogen-bond donors (Lipinski definition) is 1. The number of carbonyl (C=O) groups is 1. The molecule has 0 spiro atoms. The third-order valence-electron chi connectivity index (χ3n) is 3.51. The summed E-state index contributed by atoms with van der Waals surface area (Å²) in [5.74, 6) is 1.26. The molecule has 4 nitrogen and oxygen atoms in total. The van der Waals surface area contributed by atoms with Crippen LogP contribution in [0.1, 0.15) is 18.1 Å². The van der Waals surface area contributed by atoms with Gasteiger partial charge in [-0.3, -0.25) is 4.79 Å². The minimum atomic E-state index is -0.0888. The number of anilines is 1. The van der Waals surface area contributed by atoms with Crippen LogP contribution in [0.3, 0.4) is 0 Å². The van der Waals surface area contributed by atoms with Gasteiger partial charge in [0.15, 0.2) is 11.5 Å². The van der Waals surface area contributed by atoms with Gasteiger partial charge in [-0.15, -0.1) is 0 Å². The second-order valence-electron chi connectivity index (χ2n) is 4.90. The van der Waals surface area contributed by atoms with Crippen LogP contribution in [0.5, 0.6) is 11.5 Å². The minimum Gasteiger partial charge on any atom is -0.493 e. The van der Waals surface area contributed by atoms with Crippen LogP contribution in [0, 0.1) is 0 Å². The number of ether oxygens (including phenoxy) is 2. The molecule has 2 aromatic carbocycles. The lowest BCUT2D eigenvalue weighted by atomic mass is 10.0. The fourth-order valence-electron chi connectivity index (χ4n) is 2.50. The van der Waals surface area contributed by atoms with Crippen molar-refractivity contribution < 1.29 is 14.3 Å². The van der Waals surface area contributed by atoms with Gasteiger partial charge in [-0.2, -0.15) is 0 Å². The van der Waals surface area contributed by atoms with E-state index in [0.29, 0.717) is 23.7 Å². The Kier molecular flexibility index (Phi) is 3.83. The number of para-hydroxylation sites is 1. The zero-order valence-electron chi connectivity index (χ0n) is 12.6. The van der Waals surface area contributed by atoms with E-state index in [2.05, 4.69) is 5.32 Å². The summed E-state index contributed by atoms with van der Waals surface area (Å²) in [5.41, 5.74) is 3.31. The summed E-state index contributed by atoms with van der Waals surface area (Å²) in [4.78, 5) is 12.1. The standard InChI is InChI=1S/C18H17NO3/c1-3-22-16-9-8-12(11-17(16)21-2)10-14-13-6-4-5-7-15(13)19-18(14)20/h4-11H,3H2,1-2H3,(H,19,20)/b14-10-. The molecular formula is C18H17NO3. The van der Waals surface area contributed by atoms with Crippen molar-refractivity contribution in [1.29, 1.82) is 0 Å². The molecule has 0 atom stereocenters. The van der Waals surface area contributed by atoms with Crippen molar-refractivity contribution in [3.05, 3.63) is 53.6 Å². The van der Waals surface area contributed by atoms with E-state index >= 15 is 0 Å². The number of benzene rings is 2. The molecule has 0 bridgehead atoms. The average Bonchev–Trinajstić information content (AvgIpc) is 2.85. The first-order chi connectivity index (χ1) is 10.7. The molecule has 1 amide bonds. The second-order valence-corrected chi connectivity index (χ2v) is 4.90. The van der Waals surface area contributed by atoms with Gasteiger partial charge in [-0.25, -0.2) is 0 Å². The van der Waals surface area contributed by atoms with Crippen LogP contribution in [-0.2, 0) is 4.79 Å². The Morgan fingerprint density at radius 2 is 1.95 bits per heavy atom. The molecule has 1 aliphatic heterocycles. The molecule has 0 saturated heterocycles. The largest absolute Gasteiger partial charge is 0.493 e. The fraction of sp³-hybridized carbons (Fsp3) is 0.167. The summed E-state index contributed by atoms with van der Waals surface area (Å²) in [6, 6.07) is 13.3. The van der Waals surface area contributed by atoms with Gasteiger partial charge >= 0.3 is 0 Å². The van der Waals surface area contributed by atoms with E-state index in [4.69, 9.17) is 9.47 Å². The second kappa shape index (κ2) is 5.93. The highest BCUT2D eigenvalue weighted by Gasteiger charge is 2.23. The molecule has 0 saturated carbocycles. The van der Waals surface area contributed by atoms with E-state index < -0.39 is 0 Å². The van der Waals surface area contributed by atoms with Crippen LogP contribution in [0.2, 0.25) is 0 Å². The maximum atomic E-state index is 12.1. The van der Waals surface area contributed by atoms with Crippen LogP contribution in [0.4, 0.5) is 5.69 Å². The Labute approximate surface area is 129 Å². The number of methoxy groups -OCH3 is 1. The predicted molar refractivity (Wildman–Crippen MR) is 87.1 cm³/mol. The Morgan fingerprint density at radius 3 is 2.73 bits per heavy atom. The molecule has 1 N–H and O–H groups in total. The first kappa shape index (κ1) is 14.2. The minimum absolute atomic E-state index is 0.0888. The Hall–Kier alpha value is -2.75. The molecule has 1 heterocycles. The van der Waals surface area contributed by atoms with Gasteiger partial charge < -0.3 is 14.8 Å². The van der Waals surface area contributed by atoms with Crippen molar-refractivity contribution in [3.8, 4) is 11.5 Å². The van der Waals surface area contributed by atoms with Crippen molar-refractivity contribution in [2.24, 2.45) is 0 Å². The highest BCUT2D eigenvalue weighted by atomic mass is 16.5. The van der Waals surface area contributed by atoms with Crippen molar-refractivity contribution in [1.82, 2.24) is 0 Å². The molecule has 112 valence electrons. The Balaban J connectivity index is 2.00. The average molecular weight is 295 g/mol.